The first-order valence-corrected chi connectivity index (χ1v) is 12.7. The summed E-state index contributed by atoms with van der Waals surface area (Å²) in [5, 5.41) is 0. The van der Waals surface area contributed by atoms with Gasteiger partial charge >= 0.3 is 12.1 Å². The lowest BCUT2D eigenvalue weighted by Gasteiger charge is -2.34. The predicted octanol–water partition coefficient (Wildman–Crippen LogP) is 6.17. The summed E-state index contributed by atoms with van der Waals surface area (Å²) in [6.07, 6.45) is -2.00. The number of halogens is 3. The lowest BCUT2D eigenvalue weighted by Crippen LogP contribution is -2.48. The molecule has 0 bridgehead atoms. The van der Waals surface area contributed by atoms with Crippen molar-refractivity contribution in [3.63, 3.8) is 0 Å². The van der Waals surface area contributed by atoms with Crippen molar-refractivity contribution < 1.29 is 37.0 Å². The van der Waals surface area contributed by atoms with Crippen LogP contribution >= 0.6 is 0 Å². The van der Waals surface area contributed by atoms with Crippen molar-refractivity contribution >= 4 is 11.9 Å². The van der Waals surface area contributed by atoms with Crippen molar-refractivity contribution in [1.29, 1.82) is 0 Å². The number of esters is 1. The van der Waals surface area contributed by atoms with Crippen LogP contribution in [0.3, 0.4) is 0 Å². The molecular formula is C30H30F3NO5. The molecule has 1 amide bonds. The van der Waals surface area contributed by atoms with Crippen LogP contribution in [-0.4, -0.2) is 50.2 Å². The first-order valence-electron chi connectivity index (χ1n) is 12.7. The summed E-state index contributed by atoms with van der Waals surface area (Å²) in [6, 6.07) is 16.2. The van der Waals surface area contributed by atoms with Crippen LogP contribution in [0, 0.1) is 0 Å². The van der Waals surface area contributed by atoms with Gasteiger partial charge in [0.1, 0.15) is 6.04 Å². The fourth-order valence-electron chi connectivity index (χ4n) is 4.74. The van der Waals surface area contributed by atoms with Gasteiger partial charge in [-0.2, -0.15) is 13.2 Å². The molecular weight excluding hydrogens is 511 g/mol. The van der Waals surface area contributed by atoms with E-state index in [-0.39, 0.29) is 12.5 Å². The molecule has 1 unspecified atom stereocenters. The lowest BCUT2D eigenvalue weighted by atomic mass is 9.95. The maximum atomic E-state index is 13.7. The van der Waals surface area contributed by atoms with Gasteiger partial charge in [-0.3, -0.25) is 4.79 Å². The van der Waals surface area contributed by atoms with Gasteiger partial charge in [-0.25, -0.2) is 4.79 Å². The molecule has 0 N–H and O–H groups in total. The molecule has 0 aromatic heterocycles. The molecule has 3 aromatic carbocycles. The number of nitrogens with zero attached hydrogens (tertiary/aromatic N) is 1. The molecule has 0 saturated carbocycles. The van der Waals surface area contributed by atoms with Crippen molar-refractivity contribution in [2.24, 2.45) is 0 Å². The zero-order chi connectivity index (χ0) is 28.0. The van der Waals surface area contributed by atoms with Crippen LogP contribution in [0.4, 0.5) is 13.2 Å². The van der Waals surface area contributed by atoms with Crippen molar-refractivity contribution in [3.05, 3.63) is 83.4 Å². The van der Waals surface area contributed by atoms with E-state index < -0.39 is 23.8 Å². The molecule has 1 aliphatic heterocycles. The highest BCUT2D eigenvalue weighted by atomic mass is 19.4. The Morgan fingerprint density at radius 3 is 2.33 bits per heavy atom. The molecule has 4 rings (SSSR count). The summed E-state index contributed by atoms with van der Waals surface area (Å²) in [4.78, 5) is 28.3. The maximum Gasteiger partial charge on any atom is 0.416 e. The van der Waals surface area contributed by atoms with Crippen molar-refractivity contribution in [1.82, 2.24) is 4.90 Å². The van der Waals surface area contributed by atoms with Gasteiger partial charge in [0.15, 0.2) is 11.5 Å². The molecule has 6 nitrogen and oxygen atoms in total. The summed E-state index contributed by atoms with van der Waals surface area (Å²) in [6.45, 7) is 0.518. The molecule has 1 saturated heterocycles. The highest BCUT2D eigenvalue weighted by Gasteiger charge is 2.35. The SMILES string of the molecule is COc1ccc(CCOC(=O)C2CCCCN2C(=O)c2ccccc2-c2ccc(C(F)(F)F)cc2)cc1OC. The molecule has 39 heavy (non-hydrogen) atoms. The Morgan fingerprint density at radius 2 is 1.64 bits per heavy atom. The lowest BCUT2D eigenvalue weighted by molar-refractivity contribution is -0.150. The number of rotatable bonds is 8. The van der Waals surface area contributed by atoms with E-state index in [1.807, 2.05) is 12.1 Å². The van der Waals surface area contributed by atoms with Crippen molar-refractivity contribution in [3.8, 4) is 22.6 Å². The van der Waals surface area contributed by atoms with Gasteiger partial charge < -0.3 is 19.1 Å². The average molecular weight is 542 g/mol. The monoisotopic (exact) mass is 541 g/mol. The van der Waals surface area contributed by atoms with Crippen LogP contribution in [0.25, 0.3) is 11.1 Å². The largest absolute Gasteiger partial charge is 0.493 e. The van der Waals surface area contributed by atoms with Gasteiger partial charge in [0.05, 0.1) is 26.4 Å². The second kappa shape index (κ2) is 12.2. The quantitative estimate of drug-likeness (QED) is 0.319. The number of amides is 1. The van der Waals surface area contributed by atoms with Crippen molar-refractivity contribution in [2.75, 3.05) is 27.4 Å². The van der Waals surface area contributed by atoms with Gasteiger partial charge in [0.25, 0.3) is 5.91 Å². The number of ether oxygens (including phenoxy) is 3. The number of alkyl halides is 3. The van der Waals surface area contributed by atoms with Gasteiger partial charge in [0, 0.05) is 18.5 Å². The first kappa shape index (κ1) is 28.0. The Bertz CT molecular complexity index is 1310. The highest BCUT2D eigenvalue weighted by molar-refractivity contribution is 6.02. The number of carbonyl (C=O) groups excluding carboxylic acids is 2. The summed E-state index contributed by atoms with van der Waals surface area (Å²) in [5.74, 6) is 0.353. The Labute approximate surface area is 225 Å². The number of hydrogen-bond acceptors (Lipinski definition) is 5. The van der Waals surface area contributed by atoms with Gasteiger partial charge in [-0.15, -0.1) is 0 Å². The molecule has 1 atom stereocenters. The topological polar surface area (TPSA) is 65.1 Å². The number of methoxy groups -OCH3 is 2. The first-order chi connectivity index (χ1) is 18.7. The minimum atomic E-state index is -4.45. The Hall–Kier alpha value is -4.01. The second-order valence-electron chi connectivity index (χ2n) is 9.24. The molecule has 0 radical (unpaired) electrons. The average Bonchev–Trinajstić information content (AvgIpc) is 2.96. The number of likely N-dealkylation sites (tertiary alicyclic amines) is 1. The van der Waals surface area contributed by atoms with E-state index in [0.717, 1.165) is 30.5 Å². The molecule has 1 heterocycles. The molecule has 0 aliphatic carbocycles. The van der Waals surface area contributed by atoms with E-state index in [2.05, 4.69) is 0 Å². The van der Waals surface area contributed by atoms with Crippen LogP contribution in [-0.2, 0) is 22.1 Å². The van der Waals surface area contributed by atoms with E-state index in [1.165, 1.54) is 17.0 Å². The van der Waals surface area contributed by atoms with Crippen molar-refractivity contribution in [2.45, 2.75) is 37.9 Å². The summed E-state index contributed by atoms with van der Waals surface area (Å²) < 4.78 is 55.2. The van der Waals surface area contributed by atoms with Crippen LogP contribution in [0.5, 0.6) is 11.5 Å². The van der Waals surface area contributed by atoms with E-state index >= 15 is 0 Å². The number of piperidine rings is 1. The Kier molecular flexibility index (Phi) is 8.79. The molecule has 0 spiro atoms. The third-order valence-electron chi connectivity index (χ3n) is 6.80. The van der Waals surface area contributed by atoms with Crippen LogP contribution < -0.4 is 9.47 Å². The van der Waals surface area contributed by atoms with Crippen LogP contribution in [0.2, 0.25) is 0 Å². The second-order valence-corrected chi connectivity index (χ2v) is 9.24. The van der Waals surface area contributed by atoms with Gasteiger partial charge in [-0.1, -0.05) is 36.4 Å². The van der Waals surface area contributed by atoms with Gasteiger partial charge in [-0.05, 0) is 66.3 Å². The summed E-state index contributed by atoms with van der Waals surface area (Å²) >= 11 is 0. The number of benzene rings is 3. The number of carbonyl (C=O) groups is 2. The normalized spacial score (nSPS) is 15.5. The Morgan fingerprint density at radius 1 is 0.923 bits per heavy atom. The smallest absolute Gasteiger partial charge is 0.416 e. The summed E-state index contributed by atoms with van der Waals surface area (Å²) in [7, 11) is 3.10. The maximum absolute atomic E-state index is 13.7. The Balaban J connectivity index is 1.47. The van der Waals surface area contributed by atoms with Gasteiger partial charge in [0.2, 0.25) is 0 Å². The third-order valence-corrected chi connectivity index (χ3v) is 6.80. The van der Waals surface area contributed by atoms with Crippen LogP contribution in [0.1, 0.15) is 40.7 Å². The molecule has 9 heteroatoms. The fourth-order valence-corrected chi connectivity index (χ4v) is 4.74. The van der Waals surface area contributed by atoms with E-state index in [0.29, 0.717) is 47.6 Å². The zero-order valence-electron chi connectivity index (χ0n) is 21.8. The predicted molar refractivity (Wildman–Crippen MR) is 140 cm³/mol. The number of hydrogen-bond donors (Lipinski definition) is 0. The van der Waals surface area contributed by atoms with E-state index in [9.17, 15) is 22.8 Å². The molecule has 1 aliphatic rings. The fraction of sp³-hybridized carbons (Fsp3) is 0.333. The summed E-state index contributed by atoms with van der Waals surface area (Å²) in [5.41, 5.74) is 1.45. The third kappa shape index (κ3) is 6.53. The zero-order valence-corrected chi connectivity index (χ0v) is 21.8. The van der Waals surface area contributed by atoms with E-state index in [4.69, 9.17) is 14.2 Å². The minimum absolute atomic E-state index is 0.134. The molecule has 1 fully saturated rings. The molecule has 206 valence electrons. The van der Waals surface area contributed by atoms with Crippen LogP contribution in [0.15, 0.2) is 66.7 Å². The highest BCUT2D eigenvalue weighted by Crippen LogP contribution is 2.33. The minimum Gasteiger partial charge on any atom is -0.493 e. The molecule has 3 aromatic rings. The van der Waals surface area contributed by atoms with E-state index in [1.54, 1.807) is 44.6 Å². The standard InChI is InChI=1S/C30H30F3NO5/c1-37-26-15-10-20(19-27(26)38-2)16-18-39-29(36)25-9-5-6-17-34(25)28(35)24-8-4-3-7-23(24)21-11-13-22(14-12-21)30(31,32)33/h3-4,7-8,10-15,19,25H,5-6,9,16-18H2,1-2H3.